The fraction of sp³-hybridized carbons (Fsp3) is 0.843. The standard InChI is InChI=1S/C51H74O19/c1-24-14-19-50(60-22-24)26(3)51(58)39(70-50)21-37-35-13-12-33-20-34(15-17-48(33,10)36(35)16-18-49(37,51)11)67-47-45(43(65-31(8)56)41(63-29(6)54)38(68-47)23-59-27(4)52)69-46-44(66-32(9)57)42(64-30(7)55)40(25(2)61-46)62-28(5)53/h12,24-26,34-47,58H,13-23H2,1-11H3/t24-,25+,26-,34+,35-,36+,37-,38-,39+,40+,41-,42-,43+,44-,45-,46+,47-,48+,49+,50-,51-/m1/s1. The highest BCUT2D eigenvalue weighted by molar-refractivity contribution is 5.69. The van der Waals surface area contributed by atoms with E-state index in [1.807, 2.05) is 0 Å². The van der Waals surface area contributed by atoms with Gasteiger partial charge in [-0.3, -0.25) is 28.8 Å². The number of fused-ring (bicyclic) bond motifs is 7. The highest BCUT2D eigenvalue weighted by Gasteiger charge is 2.76. The average Bonchev–Trinajstić information content (AvgIpc) is 3.62. The first-order chi connectivity index (χ1) is 32.9. The van der Waals surface area contributed by atoms with Crippen LogP contribution in [-0.2, 0) is 85.6 Å². The summed E-state index contributed by atoms with van der Waals surface area (Å²) in [5.74, 6) is -4.06. The van der Waals surface area contributed by atoms with Crippen molar-refractivity contribution in [3.63, 3.8) is 0 Å². The van der Waals surface area contributed by atoms with Gasteiger partial charge in [-0.25, -0.2) is 0 Å². The molecule has 21 atom stereocenters. The van der Waals surface area contributed by atoms with Crippen LogP contribution in [0.3, 0.4) is 0 Å². The molecule has 4 aliphatic carbocycles. The molecular weight excluding hydrogens is 917 g/mol. The largest absolute Gasteiger partial charge is 0.463 e. The van der Waals surface area contributed by atoms with E-state index < -0.39 is 121 Å². The number of esters is 6. The summed E-state index contributed by atoms with van der Waals surface area (Å²) in [6.45, 7) is 17.7. The summed E-state index contributed by atoms with van der Waals surface area (Å²) in [7, 11) is 0. The first-order valence-electron chi connectivity index (χ1n) is 25.3. The maximum absolute atomic E-state index is 13.0. The molecule has 8 rings (SSSR count). The van der Waals surface area contributed by atoms with Crippen molar-refractivity contribution < 1.29 is 90.7 Å². The fourth-order valence-corrected chi connectivity index (χ4v) is 14.2. The number of allylic oxidation sites excluding steroid dienone is 1. The van der Waals surface area contributed by atoms with E-state index in [4.69, 9.17) is 56.8 Å². The van der Waals surface area contributed by atoms with Crippen LogP contribution in [-0.4, -0.2) is 139 Å². The third-order valence-electron chi connectivity index (χ3n) is 17.5. The van der Waals surface area contributed by atoms with Crippen LogP contribution in [0.4, 0.5) is 0 Å². The highest BCUT2D eigenvalue weighted by Crippen LogP contribution is 2.72. The second-order valence-electron chi connectivity index (χ2n) is 21.9. The number of hydrogen-bond acceptors (Lipinski definition) is 19. The molecule has 19 heteroatoms. The van der Waals surface area contributed by atoms with E-state index >= 15 is 0 Å². The van der Waals surface area contributed by atoms with Crippen molar-refractivity contribution in [1.29, 1.82) is 0 Å². The lowest BCUT2D eigenvalue weighted by Gasteiger charge is -2.60. The molecule has 8 aliphatic rings. The minimum absolute atomic E-state index is 0.163. The molecule has 0 aromatic heterocycles. The smallest absolute Gasteiger partial charge is 0.303 e. The van der Waals surface area contributed by atoms with Gasteiger partial charge in [0, 0.05) is 59.3 Å². The summed E-state index contributed by atoms with van der Waals surface area (Å²) in [6.07, 6.45) is -5.25. The van der Waals surface area contributed by atoms with E-state index in [1.54, 1.807) is 6.92 Å². The van der Waals surface area contributed by atoms with Crippen molar-refractivity contribution in [2.75, 3.05) is 13.2 Å². The van der Waals surface area contributed by atoms with E-state index in [9.17, 15) is 33.9 Å². The Balaban J connectivity index is 1.08. The zero-order valence-electron chi connectivity index (χ0n) is 42.5. The Morgan fingerprint density at radius 2 is 1.27 bits per heavy atom. The molecule has 1 N–H and O–H groups in total. The molecule has 4 aliphatic heterocycles. The van der Waals surface area contributed by atoms with Crippen molar-refractivity contribution in [3.05, 3.63) is 11.6 Å². The Hall–Kier alpha value is -3.72. The maximum atomic E-state index is 13.0. The van der Waals surface area contributed by atoms with Crippen LogP contribution in [0, 0.1) is 40.4 Å². The lowest BCUT2D eigenvalue weighted by atomic mass is 9.46. The summed E-state index contributed by atoms with van der Waals surface area (Å²) in [6, 6.07) is 0. The maximum Gasteiger partial charge on any atom is 0.303 e. The van der Waals surface area contributed by atoms with Crippen molar-refractivity contribution >= 4 is 35.8 Å². The molecule has 7 fully saturated rings. The molecule has 4 saturated heterocycles. The van der Waals surface area contributed by atoms with Crippen LogP contribution in [0.1, 0.15) is 134 Å². The number of carbonyl (C=O) groups excluding carboxylic acids is 6. The summed E-state index contributed by atoms with van der Waals surface area (Å²) in [5.41, 5.74) is -0.273. The topological polar surface area (TPSA) is 233 Å². The van der Waals surface area contributed by atoms with E-state index in [0.717, 1.165) is 79.6 Å². The lowest BCUT2D eigenvalue weighted by Crippen LogP contribution is -2.67. The summed E-state index contributed by atoms with van der Waals surface area (Å²) >= 11 is 0. The van der Waals surface area contributed by atoms with Crippen molar-refractivity contribution in [1.82, 2.24) is 0 Å². The van der Waals surface area contributed by atoms with Gasteiger partial charge in [0.1, 0.15) is 18.3 Å². The van der Waals surface area contributed by atoms with E-state index in [2.05, 4.69) is 33.8 Å². The second-order valence-corrected chi connectivity index (χ2v) is 21.9. The Morgan fingerprint density at radius 1 is 0.671 bits per heavy atom. The predicted molar refractivity (Wildman–Crippen MR) is 240 cm³/mol. The van der Waals surface area contributed by atoms with Crippen LogP contribution in [0.25, 0.3) is 0 Å². The monoisotopic (exact) mass is 990 g/mol. The van der Waals surface area contributed by atoms with Crippen molar-refractivity contribution in [2.45, 2.75) is 219 Å². The predicted octanol–water partition coefficient (Wildman–Crippen LogP) is 4.93. The highest BCUT2D eigenvalue weighted by atomic mass is 16.8. The first-order valence-corrected chi connectivity index (χ1v) is 25.3. The third kappa shape index (κ3) is 9.54. The lowest BCUT2D eigenvalue weighted by molar-refractivity contribution is -0.370. The van der Waals surface area contributed by atoms with Gasteiger partial charge >= 0.3 is 35.8 Å². The molecule has 0 aromatic carbocycles. The number of rotatable bonds is 11. The van der Waals surface area contributed by atoms with Gasteiger partial charge in [-0.05, 0) is 87.4 Å². The molecule has 0 amide bonds. The molecule has 4 heterocycles. The van der Waals surface area contributed by atoms with E-state index in [-0.39, 0.29) is 28.8 Å². The molecule has 19 nitrogen and oxygen atoms in total. The quantitative estimate of drug-likeness (QED) is 0.164. The van der Waals surface area contributed by atoms with Crippen LogP contribution >= 0.6 is 0 Å². The molecule has 0 aromatic rings. The van der Waals surface area contributed by atoms with Crippen LogP contribution in [0.2, 0.25) is 0 Å². The second kappa shape index (κ2) is 19.9. The molecule has 0 bridgehead atoms. The van der Waals surface area contributed by atoms with Gasteiger partial charge < -0.3 is 61.9 Å². The summed E-state index contributed by atoms with van der Waals surface area (Å²) in [4.78, 5) is 75.3. The number of ether oxygens (including phenoxy) is 12. The van der Waals surface area contributed by atoms with Gasteiger partial charge in [-0.2, -0.15) is 0 Å². The molecular formula is C51H74O19. The zero-order chi connectivity index (χ0) is 50.8. The molecule has 0 unspecified atom stereocenters. The Morgan fingerprint density at radius 3 is 1.89 bits per heavy atom. The third-order valence-corrected chi connectivity index (χ3v) is 17.5. The fourth-order valence-electron chi connectivity index (χ4n) is 14.2. The molecule has 392 valence electrons. The van der Waals surface area contributed by atoms with Gasteiger partial charge in [-0.1, -0.05) is 39.3 Å². The van der Waals surface area contributed by atoms with Gasteiger partial charge in [0.15, 0.2) is 55.0 Å². The Bertz CT molecular complexity index is 2050. The number of hydrogen-bond donors (Lipinski definition) is 1. The molecule has 70 heavy (non-hydrogen) atoms. The first kappa shape index (κ1) is 52.6. The number of aliphatic hydroxyl groups is 1. The van der Waals surface area contributed by atoms with Crippen LogP contribution < -0.4 is 0 Å². The SMILES string of the molecule is CC(=O)OC[C@H]1O[C@@H](O[C@H]2CC[C@@]3(C)C(=CC[C@H]4[C@H]5C[C@@H]6O[C@]7(CC[C@@H](C)CO7)[C@@H](C)[C@]6(O)[C@@]5(C)CC[C@@H]43)C2)[C@H](O[C@@H]2O[C@@H](C)[C@H](OC(C)=O)[C@@H](OC(C)=O)[C@H]2OC(C)=O)[C@@H](OC(C)=O)[C@@H]1OC(C)=O. The summed E-state index contributed by atoms with van der Waals surface area (Å²) in [5, 5.41) is 12.9. The molecule has 0 radical (unpaired) electrons. The zero-order valence-corrected chi connectivity index (χ0v) is 42.5. The average molecular weight is 991 g/mol. The Labute approximate surface area is 409 Å². The Kier molecular flexibility index (Phi) is 15.0. The van der Waals surface area contributed by atoms with Gasteiger partial charge in [0.05, 0.1) is 24.9 Å². The molecule has 1 spiro atoms. The van der Waals surface area contributed by atoms with Gasteiger partial charge in [-0.15, -0.1) is 0 Å². The summed E-state index contributed by atoms with van der Waals surface area (Å²) < 4.78 is 73.5. The number of carbonyl (C=O) groups is 6. The molecule has 3 saturated carbocycles. The van der Waals surface area contributed by atoms with E-state index in [0.29, 0.717) is 37.2 Å². The van der Waals surface area contributed by atoms with Crippen LogP contribution in [0.5, 0.6) is 0 Å². The van der Waals surface area contributed by atoms with Crippen molar-refractivity contribution in [2.24, 2.45) is 40.4 Å². The van der Waals surface area contributed by atoms with Crippen LogP contribution in [0.15, 0.2) is 11.6 Å². The minimum atomic E-state index is -1.61. The van der Waals surface area contributed by atoms with Gasteiger partial charge in [0.2, 0.25) is 0 Å². The van der Waals surface area contributed by atoms with Crippen molar-refractivity contribution in [3.8, 4) is 0 Å². The van der Waals surface area contributed by atoms with Gasteiger partial charge in [0.25, 0.3) is 0 Å². The minimum Gasteiger partial charge on any atom is -0.463 e. The normalized spacial score (nSPS) is 46.2. The van der Waals surface area contributed by atoms with E-state index in [1.165, 1.54) is 12.5 Å².